The predicted octanol–water partition coefficient (Wildman–Crippen LogP) is 2.59. The Morgan fingerprint density at radius 2 is 1.94 bits per heavy atom. The molecule has 0 spiro atoms. The molecule has 1 aromatic carbocycles. The fourth-order valence-corrected chi connectivity index (χ4v) is 4.50. The van der Waals surface area contributed by atoms with Crippen LogP contribution in [-0.2, 0) is 6.42 Å². The summed E-state index contributed by atoms with van der Waals surface area (Å²) in [4.78, 5) is 2.75. The van der Waals surface area contributed by atoms with E-state index in [4.69, 9.17) is 0 Å². The maximum absolute atomic E-state index is 3.59. The summed E-state index contributed by atoms with van der Waals surface area (Å²) in [6, 6.07) is 7.55. The van der Waals surface area contributed by atoms with Crippen molar-refractivity contribution in [3.05, 3.63) is 33.8 Å². The molecule has 0 bridgehead atoms. The molecule has 96 valence electrons. The molecule has 3 aliphatic rings. The Labute approximate surface area is 117 Å². The van der Waals surface area contributed by atoms with E-state index in [1.165, 1.54) is 43.5 Å². The van der Waals surface area contributed by atoms with Crippen molar-refractivity contribution in [1.29, 1.82) is 0 Å². The summed E-state index contributed by atoms with van der Waals surface area (Å²) in [5, 5.41) is 3.53. The number of fused-ring (bicyclic) bond motifs is 2. The SMILES string of the molecule is Brc1ccc2c(c1)CCC2N1C[C@H]2CNC[C@H]2C1. The van der Waals surface area contributed by atoms with Crippen LogP contribution in [0.1, 0.15) is 23.6 Å². The zero-order valence-electron chi connectivity index (χ0n) is 10.5. The van der Waals surface area contributed by atoms with Gasteiger partial charge in [-0.3, -0.25) is 4.90 Å². The monoisotopic (exact) mass is 306 g/mol. The second-order valence-electron chi connectivity index (χ2n) is 6.03. The Kier molecular flexibility index (Phi) is 2.75. The third-order valence-corrected chi connectivity index (χ3v) is 5.50. The molecule has 1 aromatic rings. The molecule has 1 aliphatic carbocycles. The van der Waals surface area contributed by atoms with Crippen LogP contribution in [0.25, 0.3) is 0 Å². The number of likely N-dealkylation sites (tertiary alicyclic amines) is 1. The molecular formula is C15H19BrN2. The number of nitrogens with zero attached hydrogens (tertiary/aromatic N) is 1. The summed E-state index contributed by atoms with van der Waals surface area (Å²) in [6.07, 6.45) is 2.57. The number of nitrogens with one attached hydrogen (secondary N) is 1. The van der Waals surface area contributed by atoms with Gasteiger partial charge in [0.25, 0.3) is 0 Å². The van der Waals surface area contributed by atoms with Crippen LogP contribution < -0.4 is 5.32 Å². The Bertz CT molecular complexity index is 462. The Balaban J connectivity index is 1.58. The molecular weight excluding hydrogens is 288 g/mol. The summed E-state index contributed by atoms with van der Waals surface area (Å²) in [6.45, 7) is 5.08. The van der Waals surface area contributed by atoms with Crippen molar-refractivity contribution in [2.24, 2.45) is 11.8 Å². The lowest BCUT2D eigenvalue weighted by atomic mass is 10.0. The van der Waals surface area contributed by atoms with Crippen LogP contribution in [0.15, 0.2) is 22.7 Å². The van der Waals surface area contributed by atoms with Gasteiger partial charge in [-0.15, -0.1) is 0 Å². The molecule has 2 fully saturated rings. The zero-order chi connectivity index (χ0) is 12.1. The third-order valence-electron chi connectivity index (χ3n) is 5.01. The molecule has 4 rings (SSSR count). The number of hydrogen-bond donors (Lipinski definition) is 1. The Morgan fingerprint density at radius 3 is 2.72 bits per heavy atom. The van der Waals surface area contributed by atoms with Gasteiger partial charge in [0.05, 0.1) is 0 Å². The van der Waals surface area contributed by atoms with E-state index in [0.717, 1.165) is 11.8 Å². The highest BCUT2D eigenvalue weighted by Crippen LogP contribution is 2.41. The van der Waals surface area contributed by atoms with Crippen molar-refractivity contribution in [2.45, 2.75) is 18.9 Å². The molecule has 2 saturated heterocycles. The number of rotatable bonds is 1. The van der Waals surface area contributed by atoms with Crippen molar-refractivity contribution >= 4 is 15.9 Å². The first-order valence-corrected chi connectivity index (χ1v) is 7.83. The molecule has 0 radical (unpaired) electrons. The van der Waals surface area contributed by atoms with E-state index in [2.05, 4.69) is 44.3 Å². The average molecular weight is 307 g/mol. The Hall–Kier alpha value is -0.380. The quantitative estimate of drug-likeness (QED) is 0.858. The first-order chi connectivity index (χ1) is 8.81. The van der Waals surface area contributed by atoms with E-state index in [-0.39, 0.29) is 0 Å². The first kappa shape index (κ1) is 11.4. The van der Waals surface area contributed by atoms with Crippen LogP contribution in [0.5, 0.6) is 0 Å². The molecule has 1 unspecified atom stereocenters. The lowest BCUT2D eigenvalue weighted by Gasteiger charge is -2.25. The van der Waals surface area contributed by atoms with Gasteiger partial charge in [0.2, 0.25) is 0 Å². The summed E-state index contributed by atoms with van der Waals surface area (Å²) < 4.78 is 1.23. The fraction of sp³-hybridized carbons (Fsp3) is 0.600. The van der Waals surface area contributed by atoms with Crippen molar-refractivity contribution in [3.8, 4) is 0 Å². The molecule has 3 heteroatoms. The number of benzene rings is 1. The van der Waals surface area contributed by atoms with Crippen LogP contribution in [0.4, 0.5) is 0 Å². The second-order valence-corrected chi connectivity index (χ2v) is 6.95. The van der Waals surface area contributed by atoms with Gasteiger partial charge < -0.3 is 5.32 Å². The minimum Gasteiger partial charge on any atom is -0.316 e. The van der Waals surface area contributed by atoms with Crippen molar-refractivity contribution in [2.75, 3.05) is 26.2 Å². The van der Waals surface area contributed by atoms with Crippen LogP contribution in [0.3, 0.4) is 0 Å². The molecule has 18 heavy (non-hydrogen) atoms. The van der Waals surface area contributed by atoms with Crippen molar-refractivity contribution < 1.29 is 0 Å². The summed E-state index contributed by atoms with van der Waals surface area (Å²) in [5.74, 6) is 1.81. The highest BCUT2D eigenvalue weighted by Gasteiger charge is 2.40. The minimum atomic E-state index is 0.693. The number of aryl methyl sites for hydroxylation is 1. The lowest BCUT2D eigenvalue weighted by Crippen LogP contribution is -2.28. The second kappa shape index (κ2) is 4.32. The smallest absolute Gasteiger partial charge is 0.0354 e. The van der Waals surface area contributed by atoms with Crippen LogP contribution in [0, 0.1) is 11.8 Å². The topological polar surface area (TPSA) is 15.3 Å². The van der Waals surface area contributed by atoms with Crippen molar-refractivity contribution in [3.63, 3.8) is 0 Å². The fourth-order valence-electron chi connectivity index (χ4n) is 4.09. The molecule has 0 aromatic heterocycles. The van der Waals surface area contributed by atoms with E-state index < -0.39 is 0 Å². The predicted molar refractivity (Wildman–Crippen MR) is 76.6 cm³/mol. The number of hydrogen-bond acceptors (Lipinski definition) is 2. The van der Waals surface area contributed by atoms with Crippen LogP contribution >= 0.6 is 15.9 Å². The van der Waals surface area contributed by atoms with E-state index in [1.54, 1.807) is 11.1 Å². The maximum Gasteiger partial charge on any atom is 0.0354 e. The van der Waals surface area contributed by atoms with E-state index >= 15 is 0 Å². The molecule has 2 nitrogen and oxygen atoms in total. The maximum atomic E-state index is 3.59. The average Bonchev–Trinajstić information content (AvgIpc) is 2.98. The first-order valence-electron chi connectivity index (χ1n) is 7.04. The van der Waals surface area contributed by atoms with Gasteiger partial charge in [-0.05, 0) is 61.0 Å². The standard InChI is InChI=1S/C15H19BrN2/c16-13-2-3-14-10(5-13)1-4-15(14)18-8-11-6-17-7-12(11)9-18/h2-3,5,11-12,15,17H,1,4,6-9H2/t11-,12+,15?. The molecule has 3 atom stereocenters. The Morgan fingerprint density at radius 1 is 1.17 bits per heavy atom. The molecule has 0 amide bonds. The van der Waals surface area contributed by atoms with E-state index in [0.29, 0.717) is 6.04 Å². The number of halogens is 1. The molecule has 2 heterocycles. The minimum absolute atomic E-state index is 0.693. The van der Waals surface area contributed by atoms with Gasteiger partial charge in [0.1, 0.15) is 0 Å². The highest BCUT2D eigenvalue weighted by molar-refractivity contribution is 9.10. The molecule has 0 saturated carbocycles. The summed E-state index contributed by atoms with van der Waals surface area (Å²) in [5.41, 5.74) is 3.15. The third kappa shape index (κ3) is 1.75. The van der Waals surface area contributed by atoms with Gasteiger partial charge in [0.15, 0.2) is 0 Å². The van der Waals surface area contributed by atoms with Crippen LogP contribution in [0.2, 0.25) is 0 Å². The molecule has 2 aliphatic heterocycles. The van der Waals surface area contributed by atoms with Gasteiger partial charge >= 0.3 is 0 Å². The normalized spacial score (nSPS) is 34.8. The van der Waals surface area contributed by atoms with Crippen LogP contribution in [-0.4, -0.2) is 31.1 Å². The van der Waals surface area contributed by atoms with Gasteiger partial charge in [-0.2, -0.15) is 0 Å². The van der Waals surface area contributed by atoms with Gasteiger partial charge in [0, 0.05) is 23.6 Å². The van der Waals surface area contributed by atoms with Crippen molar-refractivity contribution in [1.82, 2.24) is 10.2 Å². The lowest BCUT2D eigenvalue weighted by molar-refractivity contribution is 0.228. The zero-order valence-corrected chi connectivity index (χ0v) is 12.1. The largest absolute Gasteiger partial charge is 0.316 e. The molecule has 1 N–H and O–H groups in total. The summed E-state index contributed by atoms with van der Waals surface area (Å²) >= 11 is 3.59. The summed E-state index contributed by atoms with van der Waals surface area (Å²) in [7, 11) is 0. The highest BCUT2D eigenvalue weighted by atomic mass is 79.9. The van der Waals surface area contributed by atoms with Gasteiger partial charge in [-0.1, -0.05) is 22.0 Å². The van der Waals surface area contributed by atoms with E-state index in [9.17, 15) is 0 Å². The van der Waals surface area contributed by atoms with Gasteiger partial charge in [-0.25, -0.2) is 0 Å². The van der Waals surface area contributed by atoms with E-state index in [1.807, 2.05) is 0 Å².